The highest BCUT2D eigenvalue weighted by molar-refractivity contribution is 7.75. The van der Waals surface area contributed by atoms with E-state index in [4.69, 9.17) is 0 Å². The van der Waals surface area contributed by atoms with Crippen molar-refractivity contribution in [3.63, 3.8) is 0 Å². The quantitative estimate of drug-likeness (QED) is 0.627. The normalized spacial score (nSPS) is 12.0. The molecule has 0 aromatic carbocycles. The fourth-order valence-electron chi connectivity index (χ4n) is 1.34. The molecule has 0 radical (unpaired) electrons. The smallest absolute Gasteiger partial charge is 0.0311 e. The summed E-state index contributed by atoms with van der Waals surface area (Å²) >= 11 is 0. The Hall–Kier alpha value is 0.860. The zero-order valence-corrected chi connectivity index (χ0v) is 13.5. The van der Waals surface area contributed by atoms with Gasteiger partial charge >= 0.3 is 0 Å². The topological polar surface area (TPSA) is 0 Å². The van der Waals surface area contributed by atoms with Gasteiger partial charge in [-0.3, -0.25) is 0 Å². The molecule has 0 nitrogen and oxygen atoms in total. The molecule has 0 N–H and O–H groups in total. The molecule has 0 amide bonds. The van der Waals surface area contributed by atoms with E-state index in [0.717, 1.165) is 0 Å². The fourth-order valence-corrected chi connectivity index (χ4v) is 4.02. The third-order valence-corrected chi connectivity index (χ3v) is 8.05. The van der Waals surface area contributed by atoms with Crippen LogP contribution in [0.25, 0.3) is 0 Å². The lowest BCUT2D eigenvalue weighted by Gasteiger charge is -2.20. The number of rotatable bonds is 4. The minimum atomic E-state index is -0.420. The van der Waals surface area contributed by atoms with Crippen molar-refractivity contribution in [2.24, 2.45) is 0 Å². The van der Waals surface area contributed by atoms with E-state index in [1.807, 2.05) is 0 Å². The minimum absolute atomic E-state index is 0.389. The molecular formula is C12H32P2+2. The Balaban J connectivity index is 0. The third-order valence-electron chi connectivity index (χ3n) is 2.68. The highest BCUT2D eigenvalue weighted by Crippen LogP contribution is 2.57. The lowest BCUT2D eigenvalue weighted by Crippen LogP contribution is -2.04. The molecular weight excluding hydrogens is 206 g/mol. The van der Waals surface area contributed by atoms with Crippen LogP contribution in [0.5, 0.6) is 0 Å². The zero-order chi connectivity index (χ0) is 11.8. The summed E-state index contributed by atoms with van der Waals surface area (Å²) in [5.41, 5.74) is 0. The van der Waals surface area contributed by atoms with Crippen molar-refractivity contribution in [2.45, 2.75) is 27.7 Å². The van der Waals surface area contributed by atoms with Gasteiger partial charge in [-0.15, -0.1) is 0 Å². The van der Waals surface area contributed by atoms with Crippen molar-refractivity contribution in [2.75, 3.05) is 51.3 Å². The summed E-state index contributed by atoms with van der Waals surface area (Å²) in [5.74, 6) is 0. The first-order valence-corrected chi connectivity index (χ1v) is 12.0. The lowest BCUT2D eigenvalue weighted by molar-refractivity contribution is 1.25. The molecule has 0 fully saturated rings. The Labute approximate surface area is 93.9 Å². The van der Waals surface area contributed by atoms with Crippen molar-refractivity contribution in [1.82, 2.24) is 0 Å². The highest BCUT2D eigenvalue weighted by atomic mass is 31.2. The van der Waals surface area contributed by atoms with Gasteiger partial charge in [0.1, 0.15) is 0 Å². The maximum atomic E-state index is 2.35. The van der Waals surface area contributed by atoms with E-state index in [-0.39, 0.29) is 7.26 Å². The van der Waals surface area contributed by atoms with E-state index in [0.29, 0.717) is 0 Å². The molecule has 14 heavy (non-hydrogen) atoms. The monoisotopic (exact) mass is 238 g/mol. The van der Waals surface area contributed by atoms with Gasteiger partial charge in [0.25, 0.3) is 0 Å². The van der Waals surface area contributed by atoms with Crippen LogP contribution in [0.2, 0.25) is 0 Å². The van der Waals surface area contributed by atoms with E-state index < -0.39 is 7.26 Å². The Morgan fingerprint density at radius 1 is 0.571 bits per heavy atom. The summed E-state index contributed by atoms with van der Waals surface area (Å²) in [4.78, 5) is 0. The van der Waals surface area contributed by atoms with Crippen LogP contribution in [0.1, 0.15) is 27.7 Å². The largest absolute Gasteiger partial charge is 0.0565 e. The van der Waals surface area contributed by atoms with Gasteiger partial charge in [0, 0.05) is 41.2 Å². The van der Waals surface area contributed by atoms with Crippen LogP contribution in [-0.4, -0.2) is 51.3 Å². The summed E-state index contributed by atoms with van der Waals surface area (Å²) in [7, 11) is -0.809. The van der Waals surface area contributed by atoms with Crippen LogP contribution >= 0.6 is 14.5 Å². The summed E-state index contributed by atoms with van der Waals surface area (Å²) in [6, 6.07) is 0. The Kier molecular flexibility index (Phi) is 9.94. The fraction of sp³-hybridized carbons (Fsp3) is 1.00. The molecule has 0 unspecified atom stereocenters. The summed E-state index contributed by atoms with van der Waals surface area (Å²) in [5, 5.41) is 0. The van der Waals surface area contributed by atoms with Crippen molar-refractivity contribution in [3.8, 4) is 0 Å². The predicted octanol–water partition coefficient (Wildman–Crippen LogP) is 4.61. The zero-order valence-electron chi connectivity index (χ0n) is 11.7. The molecule has 0 saturated heterocycles. The van der Waals surface area contributed by atoms with Crippen molar-refractivity contribution in [3.05, 3.63) is 0 Å². The van der Waals surface area contributed by atoms with Gasteiger partial charge in [0.15, 0.2) is 0 Å². The highest BCUT2D eigenvalue weighted by Gasteiger charge is 2.27. The van der Waals surface area contributed by atoms with Gasteiger partial charge in [-0.1, -0.05) is 0 Å². The second-order valence-corrected chi connectivity index (χ2v) is 15.9. The predicted molar refractivity (Wildman–Crippen MR) is 79.7 cm³/mol. The maximum Gasteiger partial charge on any atom is 0.0565 e. The van der Waals surface area contributed by atoms with Crippen LogP contribution in [0.15, 0.2) is 0 Å². The number of hydrogen-bond donors (Lipinski definition) is 0. The molecule has 0 aliphatic heterocycles. The summed E-state index contributed by atoms with van der Waals surface area (Å²) in [6.45, 7) is 18.6. The molecule has 0 heterocycles. The average Bonchev–Trinajstić information content (AvgIpc) is 2.07. The van der Waals surface area contributed by atoms with Crippen LogP contribution in [0.4, 0.5) is 0 Å². The first-order chi connectivity index (χ1) is 6.24. The summed E-state index contributed by atoms with van der Waals surface area (Å²) in [6.07, 6.45) is 5.82. The van der Waals surface area contributed by atoms with Gasteiger partial charge in [-0.05, 0) is 27.7 Å². The van der Waals surface area contributed by atoms with Crippen LogP contribution in [0.3, 0.4) is 0 Å². The van der Waals surface area contributed by atoms with Crippen molar-refractivity contribution < 1.29 is 0 Å². The minimum Gasteiger partial charge on any atom is -0.0311 e. The van der Waals surface area contributed by atoms with E-state index in [2.05, 4.69) is 54.4 Å². The molecule has 0 aliphatic rings. The maximum absolute atomic E-state index is 2.35. The SMILES string of the molecule is CC[P+](CC)(CC)CC.C[P+](C)(C)C. The second-order valence-electron chi connectivity index (χ2n) is 5.29. The van der Waals surface area contributed by atoms with Gasteiger partial charge < -0.3 is 0 Å². The first-order valence-electron chi connectivity index (χ1n) is 5.88. The van der Waals surface area contributed by atoms with E-state index in [9.17, 15) is 0 Å². The second kappa shape index (κ2) is 8.06. The first kappa shape index (κ1) is 17.3. The van der Waals surface area contributed by atoms with E-state index in [1.54, 1.807) is 0 Å². The lowest BCUT2D eigenvalue weighted by atomic mass is 10.9. The van der Waals surface area contributed by atoms with Crippen LogP contribution < -0.4 is 0 Å². The molecule has 0 bridgehead atoms. The van der Waals surface area contributed by atoms with Crippen molar-refractivity contribution >= 4 is 14.5 Å². The molecule has 0 aromatic heterocycles. The van der Waals surface area contributed by atoms with Crippen LogP contribution in [0, 0.1) is 0 Å². The molecule has 88 valence electrons. The molecule has 0 rings (SSSR count). The Morgan fingerprint density at radius 2 is 0.714 bits per heavy atom. The molecule has 0 atom stereocenters. The van der Waals surface area contributed by atoms with Gasteiger partial charge in [-0.25, -0.2) is 0 Å². The average molecular weight is 238 g/mol. The Morgan fingerprint density at radius 3 is 0.714 bits per heavy atom. The molecule has 0 spiro atoms. The molecule has 0 aromatic rings. The standard InChI is InChI=1S/C8H20P.C4H12P/c1-5-9(6-2,7-3)8-4;1-5(2,3)4/h5-8H2,1-4H3;1-4H3/q2*+1. The van der Waals surface area contributed by atoms with Crippen LogP contribution in [-0.2, 0) is 0 Å². The summed E-state index contributed by atoms with van der Waals surface area (Å²) < 4.78 is 0. The molecule has 0 aliphatic carbocycles. The van der Waals surface area contributed by atoms with Gasteiger partial charge in [0.2, 0.25) is 0 Å². The third kappa shape index (κ3) is 10.9. The number of hydrogen-bond acceptors (Lipinski definition) is 0. The molecule has 2 heteroatoms. The van der Waals surface area contributed by atoms with E-state index in [1.165, 1.54) is 24.6 Å². The van der Waals surface area contributed by atoms with Gasteiger partial charge in [-0.2, -0.15) is 0 Å². The molecule has 0 saturated carbocycles. The van der Waals surface area contributed by atoms with Crippen molar-refractivity contribution in [1.29, 1.82) is 0 Å². The van der Waals surface area contributed by atoms with E-state index >= 15 is 0 Å². The van der Waals surface area contributed by atoms with Gasteiger partial charge in [0.05, 0.1) is 24.6 Å². The Bertz CT molecular complexity index is 97.3.